The lowest BCUT2D eigenvalue weighted by Gasteiger charge is -2.37. The van der Waals surface area contributed by atoms with E-state index in [1.165, 1.54) is 0 Å². The van der Waals surface area contributed by atoms with Gasteiger partial charge < -0.3 is 75.8 Å². The molecule has 16 fully saturated rings. The van der Waals surface area contributed by atoms with Gasteiger partial charge in [0.15, 0.2) is 11.2 Å². The lowest BCUT2D eigenvalue weighted by atomic mass is 9.82. The minimum absolute atomic E-state index is 0.00861. The van der Waals surface area contributed by atoms with Gasteiger partial charge in [-0.05, 0) is 20.3 Å². The minimum atomic E-state index is -0.717. The molecule has 8 spiro atoms. The van der Waals surface area contributed by atoms with Crippen LogP contribution in [-0.4, -0.2) is 195 Å². The predicted octanol–water partition coefficient (Wildman–Crippen LogP) is 7.71. The molecule has 0 aromatic heterocycles. The molecule has 16 heterocycles. The number of ether oxygens (including phenoxy) is 16. The molecular formula is C74H96O26. The van der Waals surface area contributed by atoms with E-state index >= 15 is 0 Å². The van der Waals surface area contributed by atoms with E-state index in [-0.39, 0.29) is 132 Å². The van der Waals surface area contributed by atoms with Crippen LogP contribution in [0.2, 0.25) is 0 Å². The molecule has 100 heavy (non-hydrogen) atoms. The van der Waals surface area contributed by atoms with Crippen LogP contribution in [0, 0.1) is 17.8 Å². The van der Waals surface area contributed by atoms with Gasteiger partial charge in [0.2, 0.25) is 0 Å². The molecule has 26 heteroatoms. The number of hydrogen-bond acceptors (Lipinski definition) is 26. The first-order chi connectivity index (χ1) is 47.1. The lowest BCUT2D eigenvalue weighted by Crippen LogP contribution is -2.43. The number of carbonyl (C=O) groups is 10. The Morgan fingerprint density at radius 2 is 0.740 bits per heavy atom. The van der Waals surface area contributed by atoms with Crippen molar-refractivity contribution in [3.8, 4) is 0 Å². The molecule has 16 aliphatic rings. The van der Waals surface area contributed by atoms with Gasteiger partial charge in [-0.15, -0.1) is 0 Å². The van der Waals surface area contributed by atoms with Gasteiger partial charge in [-0.2, -0.15) is 0 Å². The van der Waals surface area contributed by atoms with E-state index in [0.717, 1.165) is 38.5 Å². The van der Waals surface area contributed by atoms with Crippen LogP contribution in [-0.2, 0) is 124 Å². The van der Waals surface area contributed by atoms with Gasteiger partial charge in [0.25, 0.3) is 0 Å². The molecule has 0 saturated carbocycles. The Balaban J connectivity index is 0.000000133. The number of carbonyl (C=O) groups excluding carboxylic acids is 10. The van der Waals surface area contributed by atoms with Crippen molar-refractivity contribution in [2.45, 2.75) is 214 Å². The maximum atomic E-state index is 11.4. The molecule has 13 atom stereocenters. The van der Waals surface area contributed by atoms with Crippen molar-refractivity contribution in [2.75, 3.05) is 72.7 Å². The van der Waals surface area contributed by atoms with Crippen LogP contribution in [0.1, 0.15) is 151 Å². The van der Waals surface area contributed by atoms with Gasteiger partial charge >= 0.3 is 59.7 Å². The van der Waals surface area contributed by atoms with E-state index in [2.05, 4.69) is 80.3 Å². The fourth-order valence-corrected chi connectivity index (χ4v) is 15.1. The largest absolute Gasteiger partial charge is 0.461 e. The first-order valence-electron chi connectivity index (χ1n) is 34.3. The Bertz CT molecular complexity index is 3210. The molecule has 16 saturated heterocycles. The van der Waals surface area contributed by atoms with E-state index < -0.39 is 28.4 Å². The highest BCUT2D eigenvalue weighted by atomic mass is 16.6. The highest BCUT2D eigenvalue weighted by molar-refractivity contribution is 5.94. The Labute approximate surface area is 582 Å². The van der Waals surface area contributed by atoms with Crippen molar-refractivity contribution in [3.05, 3.63) is 97.2 Å². The first-order valence-corrected chi connectivity index (χ1v) is 34.3. The van der Waals surface area contributed by atoms with Crippen LogP contribution in [0.25, 0.3) is 0 Å². The molecule has 548 valence electrons. The summed E-state index contributed by atoms with van der Waals surface area (Å²) in [5, 5.41) is 0. The fraction of sp³-hybridized carbons (Fsp3) is 0.649. The number of cyclic esters (lactones) is 2. The number of rotatable bonds is 1. The molecule has 0 radical (unpaired) electrons. The van der Waals surface area contributed by atoms with Crippen LogP contribution in [0.5, 0.6) is 0 Å². The summed E-state index contributed by atoms with van der Waals surface area (Å²) in [4.78, 5) is 111. The van der Waals surface area contributed by atoms with Crippen molar-refractivity contribution in [2.24, 2.45) is 17.8 Å². The van der Waals surface area contributed by atoms with Gasteiger partial charge in [-0.25, -0.2) is 38.4 Å². The molecule has 0 N–H and O–H groups in total. The SMILES string of the molecule is C=C1CC2(CCC(=O)OC2)OC1=O.C=C1CC2(CCOC2)OC1=O.C=C1CC2(CCOC2C)OC1=O.C=C1CC2(CCOCC2)OC1=O.C=C1CC2(CCOCC2C)OC1=O.C=C1CC2(COC(=O)C2)OC1=O.C=C1CC2(OC1=O)C(C)COC2C.C=C1CC2(OC1=O)C(C)COC2CC. The summed E-state index contributed by atoms with van der Waals surface area (Å²) in [7, 11) is 0. The highest BCUT2D eigenvalue weighted by Crippen LogP contribution is 2.48. The van der Waals surface area contributed by atoms with E-state index in [1.807, 2.05) is 13.8 Å². The third-order valence-electron chi connectivity index (χ3n) is 21.6. The van der Waals surface area contributed by atoms with Crippen LogP contribution in [0.15, 0.2) is 97.2 Å². The Morgan fingerprint density at radius 3 is 1.14 bits per heavy atom. The van der Waals surface area contributed by atoms with Crippen LogP contribution in [0.4, 0.5) is 0 Å². The van der Waals surface area contributed by atoms with Crippen molar-refractivity contribution in [1.29, 1.82) is 0 Å². The van der Waals surface area contributed by atoms with Gasteiger partial charge in [0, 0.05) is 159 Å². The Kier molecular flexibility index (Phi) is 23.4. The normalized spacial score (nSPS) is 37.5. The predicted molar refractivity (Wildman–Crippen MR) is 350 cm³/mol. The van der Waals surface area contributed by atoms with Crippen LogP contribution < -0.4 is 0 Å². The highest BCUT2D eigenvalue weighted by Gasteiger charge is 2.58. The average molecular weight is 1400 g/mol. The van der Waals surface area contributed by atoms with Crippen molar-refractivity contribution in [1.82, 2.24) is 0 Å². The second-order valence-electron chi connectivity index (χ2n) is 29.0. The summed E-state index contributed by atoms with van der Waals surface area (Å²) < 4.78 is 83.9. The van der Waals surface area contributed by atoms with E-state index in [4.69, 9.17) is 75.8 Å². The van der Waals surface area contributed by atoms with Gasteiger partial charge in [-0.1, -0.05) is 80.3 Å². The van der Waals surface area contributed by atoms with Crippen molar-refractivity contribution < 1.29 is 124 Å². The molecular weight excluding hydrogens is 1300 g/mol. The molecule has 26 nitrogen and oxygen atoms in total. The Morgan fingerprint density at radius 1 is 0.330 bits per heavy atom. The molecule has 0 aliphatic carbocycles. The molecule has 16 aliphatic heterocycles. The van der Waals surface area contributed by atoms with Gasteiger partial charge in [0.1, 0.15) is 46.8 Å². The smallest absolute Gasteiger partial charge is 0.334 e. The van der Waals surface area contributed by atoms with E-state index in [0.29, 0.717) is 168 Å². The quantitative estimate of drug-likeness (QED) is 0.138. The maximum Gasteiger partial charge on any atom is 0.334 e. The summed E-state index contributed by atoms with van der Waals surface area (Å²) in [6, 6.07) is 0. The second-order valence-corrected chi connectivity index (χ2v) is 29.0. The number of hydrogen-bond donors (Lipinski definition) is 0. The summed E-state index contributed by atoms with van der Waals surface area (Å²) in [6.45, 7) is 47.7. The number of esters is 10. The zero-order chi connectivity index (χ0) is 73.0. The van der Waals surface area contributed by atoms with E-state index in [1.54, 1.807) is 0 Å². The molecule has 0 aromatic carbocycles. The van der Waals surface area contributed by atoms with Crippen molar-refractivity contribution in [3.63, 3.8) is 0 Å². The van der Waals surface area contributed by atoms with Gasteiger partial charge in [-0.3, -0.25) is 9.59 Å². The topological polar surface area (TPSA) is 318 Å². The van der Waals surface area contributed by atoms with Crippen LogP contribution in [0.3, 0.4) is 0 Å². The summed E-state index contributed by atoms with van der Waals surface area (Å²) >= 11 is 0. The third-order valence-corrected chi connectivity index (χ3v) is 21.6. The standard InChI is InChI=1S/C11H16O3.2C10H14O3.C9H10O4.2C9H12O3.C8H8O4.C8H10O3/c1-4-9-11(8(3)6-13-9)5-7(2)10(12)14-11;1-6-4-10(13-9(6)11)7(2)5-12-8(10)3;1-7-5-10(13-9(7)11)3-4-12-6-8(10)2;1-6-4-9(13-8(6)11)3-2-7(10)12-5-9;1-6-5-9(12-8(6)10)3-4-11-7(9)2;1-7-6-9(12-8(7)10)2-4-11-5-3-9;1-5-2-8(12-7(5)10)3-6(9)11-4-8;1-6-4-8(11-7(6)9)2-3-10-5-8/h8-9H,2,4-6H2,1,3H3;7-8H,1,4-5H2,2-3H3;8H,1,3-6H2,2H3;1-5H2;7H,1,3-5H2,2H3;1-6H2;1-4H2;1-5H2. The molecule has 0 amide bonds. The molecule has 13 unspecified atom stereocenters. The summed E-state index contributed by atoms with van der Waals surface area (Å²) in [5.41, 5.74) is 0.996. The molecule has 0 bridgehead atoms. The summed E-state index contributed by atoms with van der Waals surface area (Å²) in [6.07, 6.45) is 10.8. The maximum absolute atomic E-state index is 11.4. The fourth-order valence-electron chi connectivity index (χ4n) is 15.1. The molecule has 16 rings (SSSR count). The monoisotopic (exact) mass is 1400 g/mol. The lowest BCUT2D eigenvalue weighted by molar-refractivity contribution is -0.172. The van der Waals surface area contributed by atoms with E-state index in [9.17, 15) is 47.9 Å². The first kappa shape index (κ1) is 76.6. The van der Waals surface area contributed by atoms with Gasteiger partial charge in [0.05, 0.1) is 84.2 Å². The average Bonchev–Trinajstić information content (AvgIpc) is 1.60. The zero-order valence-corrected chi connectivity index (χ0v) is 58.5. The minimum Gasteiger partial charge on any atom is -0.461 e. The van der Waals surface area contributed by atoms with Crippen molar-refractivity contribution >= 4 is 59.7 Å². The second kappa shape index (κ2) is 30.5. The van der Waals surface area contributed by atoms with Crippen LogP contribution >= 0.6 is 0 Å². The molecule has 0 aromatic rings. The Hall–Kier alpha value is -7.62. The third kappa shape index (κ3) is 16.5. The summed E-state index contributed by atoms with van der Waals surface area (Å²) in [5.74, 6) is -1.95. The zero-order valence-electron chi connectivity index (χ0n) is 58.5.